The molecule has 0 radical (unpaired) electrons. The molecule has 0 unspecified atom stereocenters. The van der Waals surface area contributed by atoms with Gasteiger partial charge < -0.3 is 4.74 Å². The summed E-state index contributed by atoms with van der Waals surface area (Å²) in [6.45, 7) is 2.30. The zero-order valence-electron chi connectivity index (χ0n) is 9.40. The van der Waals surface area contributed by atoms with E-state index in [1.165, 1.54) is 16.9 Å². The lowest BCUT2D eigenvalue weighted by Crippen LogP contribution is -1.90. The Kier molecular flexibility index (Phi) is 2.44. The number of aromatic nitrogens is 1. The molecule has 17 heavy (non-hydrogen) atoms. The van der Waals surface area contributed by atoms with E-state index >= 15 is 0 Å². The zero-order valence-corrected chi connectivity index (χ0v) is 10.2. The number of ether oxygens (including phenoxy) is 1. The lowest BCUT2D eigenvalue weighted by molar-refractivity contribution is 0.101. The van der Waals surface area contributed by atoms with E-state index in [0.717, 1.165) is 30.0 Å². The number of thiazole rings is 1. The Morgan fingerprint density at radius 2 is 2.35 bits per heavy atom. The minimum absolute atomic E-state index is 0.0192. The number of nitrogens with zero attached hydrogens (tertiary/aromatic N) is 1. The highest BCUT2D eigenvalue weighted by Crippen LogP contribution is 2.30. The summed E-state index contributed by atoms with van der Waals surface area (Å²) in [5.41, 5.74) is 3.15. The minimum Gasteiger partial charge on any atom is -0.493 e. The number of hydrogen-bond acceptors (Lipinski definition) is 4. The summed E-state index contributed by atoms with van der Waals surface area (Å²) in [4.78, 5) is 15.5. The first kappa shape index (κ1) is 10.5. The van der Waals surface area contributed by atoms with E-state index < -0.39 is 0 Å². The first-order valence-corrected chi connectivity index (χ1v) is 6.34. The van der Waals surface area contributed by atoms with Gasteiger partial charge in [-0.2, -0.15) is 0 Å². The normalized spacial score (nSPS) is 13.2. The van der Waals surface area contributed by atoms with Gasteiger partial charge in [0.15, 0.2) is 10.8 Å². The average Bonchev–Trinajstić information content (AvgIpc) is 2.97. The van der Waals surface area contributed by atoms with Crippen molar-refractivity contribution in [3.8, 4) is 17.0 Å². The quantitative estimate of drug-likeness (QED) is 0.764. The Hall–Kier alpha value is -1.68. The van der Waals surface area contributed by atoms with Crippen molar-refractivity contribution < 1.29 is 9.53 Å². The van der Waals surface area contributed by atoms with Crippen molar-refractivity contribution in [2.24, 2.45) is 0 Å². The van der Waals surface area contributed by atoms with Gasteiger partial charge in [0, 0.05) is 24.3 Å². The molecule has 0 aliphatic carbocycles. The van der Waals surface area contributed by atoms with Crippen LogP contribution in [-0.2, 0) is 6.42 Å². The van der Waals surface area contributed by atoms with E-state index in [9.17, 15) is 4.79 Å². The third-order valence-electron chi connectivity index (χ3n) is 2.79. The molecule has 2 heterocycles. The highest BCUT2D eigenvalue weighted by atomic mass is 32.1. The summed E-state index contributed by atoms with van der Waals surface area (Å²) in [5, 5.41) is 2.49. The molecule has 0 spiro atoms. The molecule has 0 N–H and O–H groups in total. The van der Waals surface area contributed by atoms with Crippen LogP contribution in [0.1, 0.15) is 22.3 Å². The van der Waals surface area contributed by atoms with Crippen molar-refractivity contribution in [1.82, 2.24) is 4.98 Å². The maximum Gasteiger partial charge on any atom is 0.188 e. The van der Waals surface area contributed by atoms with Crippen LogP contribution in [-0.4, -0.2) is 17.4 Å². The molecule has 0 bridgehead atoms. The van der Waals surface area contributed by atoms with Crippen molar-refractivity contribution in [3.05, 3.63) is 34.2 Å². The van der Waals surface area contributed by atoms with E-state index in [2.05, 4.69) is 11.1 Å². The number of rotatable bonds is 2. The standard InChI is InChI=1S/C13H11NO2S/c1-8(15)13-14-11(7-17-13)9-2-3-12-10(6-9)4-5-16-12/h2-3,6-7H,4-5H2,1H3. The highest BCUT2D eigenvalue weighted by molar-refractivity contribution is 7.12. The molecule has 1 aliphatic rings. The number of fused-ring (bicyclic) bond motifs is 1. The lowest BCUT2D eigenvalue weighted by Gasteiger charge is -2.01. The summed E-state index contributed by atoms with van der Waals surface area (Å²) in [6.07, 6.45) is 0.951. The Labute approximate surface area is 103 Å². The molecule has 0 fully saturated rings. The Morgan fingerprint density at radius 1 is 1.47 bits per heavy atom. The van der Waals surface area contributed by atoms with E-state index in [4.69, 9.17) is 4.74 Å². The van der Waals surface area contributed by atoms with E-state index in [-0.39, 0.29) is 5.78 Å². The minimum atomic E-state index is 0.0192. The molecule has 2 aromatic rings. The van der Waals surface area contributed by atoms with Crippen LogP contribution in [0, 0.1) is 0 Å². The smallest absolute Gasteiger partial charge is 0.188 e. The maximum absolute atomic E-state index is 11.2. The summed E-state index contributed by atoms with van der Waals surface area (Å²) >= 11 is 1.39. The van der Waals surface area contributed by atoms with E-state index in [1.807, 2.05) is 17.5 Å². The largest absolute Gasteiger partial charge is 0.493 e. The van der Waals surface area contributed by atoms with Crippen LogP contribution in [0.15, 0.2) is 23.6 Å². The highest BCUT2D eigenvalue weighted by Gasteiger charge is 2.14. The van der Waals surface area contributed by atoms with Gasteiger partial charge in [-0.1, -0.05) is 0 Å². The number of benzene rings is 1. The first-order valence-electron chi connectivity index (χ1n) is 5.46. The van der Waals surface area contributed by atoms with Crippen molar-refractivity contribution >= 4 is 17.1 Å². The molecule has 0 amide bonds. The van der Waals surface area contributed by atoms with Gasteiger partial charge in [-0.25, -0.2) is 4.98 Å². The molecule has 0 saturated heterocycles. The maximum atomic E-state index is 11.2. The number of ketones is 1. The van der Waals surface area contributed by atoms with Crippen molar-refractivity contribution in [3.63, 3.8) is 0 Å². The molecule has 1 aromatic heterocycles. The Balaban J connectivity index is 2.00. The predicted octanol–water partition coefficient (Wildman–Crippen LogP) is 2.95. The average molecular weight is 245 g/mol. The van der Waals surface area contributed by atoms with E-state index in [1.54, 1.807) is 6.92 Å². The fraction of sp³-hybridized carbons (Fsp3) is 0.231. The SMILES string of the molecule is CC(=O)c1nc(-c2ccc3c(c2)CCO3)cs1. The molecular formula is C13H11NO2S. The molecule has 1 aliphatic heterocycles. The molecular weight excluding hydrogens is 234 g/mol. The third-order valence-corrected chi connectivity index (χ3v) is 3.73. The van der Waals surface area contributed by atoms with Crippen LogP contribution < -0.4 is 4.74 Å². The summed E-state index contributed by atoms with van der Waals surface area (Å²) in [6, 6.07) is 6.06. The molecule has 4 heteroatoms. The van der Waals surface area contributed by atoms with Crippen LogP contribution >= 0.6 is 11.3 Å². The van der Waals surface area contributed by atoms with Gasteiger partial charge in [-0.05, 0) is 23.8 Å². The molecule has 0 atom stereocenters. The zero-order chi connectivity index (χ0) is 11.8. The Morgan fingerprint density at radius 3 is 3.12 bits per heavy atom. The van der Waals surface area contributed by atoms with Gasteiger partial charge in [-0.3, -0.25) is 4.79 Å². The van der Waals surface area contributed by atoms with Crippen molar-refractivity contribution in [2.45, 2.75) is 13.3 Å². The third kappa shape index (κ3) is 1.85. The van der Waals surface area contributed by atoms with Crippen molar-refractivity contribution in [1.29, 1.82) is 0 Å². The topological polar surface area (TPSA) is 39.2 Å². The second kappa shape index (κ2) is 3.96. The molecule has 0 saturated carbocycles. The second-order valence-corrected chi connectivity index (χ2v) is 4.87. The molecule has 86 valence electrons. The Bertz CT molecular complexity index is 589. The number of carbonyl (C=O) groups excluding carboxylic acids is 1. The van der Waals surface area contributed by atoms with Crippen LogP contribution in [0.3, 0.4) is 0 Å². The van der Waals surface area contributed by atoms with Gasteiger partial charge in [0.05, 0.1) is 12.3 Å². The second-order valence-electron chi connectivity index (χ2n) is 4.02. The monoisotopic (exact) mass is 245 g/mol. The summed E-state index contributed by atoms with van der Waals surface area (Å²) < 4.78 is 5.46. The lowest BCUT2D eigenvalue weighted by atomic mass is 10.1. The predicted molar refractivity (Wildman–Crippen MR) is 66.8 cm³/mol. The van der Waals surface area contributed by atoms with Crippen LogP contribution in [0.5, 0.6) is 5.75 Å². The summed E-state index contributed by atoms with van der Waals surface area (Å²) in [5.74, 6) is 0.988. The van der Waals surface area contributed by atoms with E-state index in [0.29, 0.717) is 5.01 Å². The van der Waals surface area contributed by atoms with Crippen LogP contribution in [0.25, 0.3) is 11.3 Å². The first-order chi connectivity index (χ1) is 8.24. The van der Waals surface area contributed by atoms with Gasteiger partial charge in [0.25, 0.3) is 0 Å². The van der Waals surface area contributed by atoms with Gasteiger partial charge >= 0.3 is 0 Å². The van der Waals surface area contributed by atoms with Crippen LogP contribution in [0.4, 0.5) is 0 Å². The fourth-order valence-electron chi connectivity index (χ4n) is 1.91. The van der Waals surface area contributed by atoms with Crippen LogP contribution in [0.2, 0.25) is 0 Å². The number of Topliss-reactive ketones (excluding diaryl/α,β-unsaturated/α-hetero) is 1. The number of hydrogen-bond donors (Lipinski definition) is 0. The van der Waals surface area contributed by atoms with Gasteiger partial charge in [0.1, 0.15) is 5.75 Å². The van der Waals surface area contributed by atoms with Gasteiger partial charge in [-0.15, -0.1) is 11.3 Å². The summed E-state index contributed by atoms with van der Waals surface area (Å²) in [7, 11) is 0. The molecule has 3 rings (SSSR count). The molecule has 1 aromatic carbocycles. The molecule has 3 nitrogen and oxygen atoms in total. The fourth-order valence-corrected chi connectivity index (χ4v) is 2.64. The van der Waals surface area contributed by atoms with Crippen molar-refractivity contribution in [2.75, 3.05) is 6.61 Å². The van der Waals surface area contributed by atoms with Gasteiger partial charge in [0.2, 0.25) is 0 Å². The number of carbonyl (C=O) groups is 1.